The highest BCUT2D eigenvalue weighted by atomic mass is 16.6. The van der Waals surface area contributed by atoms with Crippen LogP contribution in [0, 0.1) is 11.8 Å². The number of likely N-dealkylation sites (tertiary alicyclic amines) is 1. The molecule has 3 N–H and O–H groups in total. The summed E-state index contributed by atoms with van der Waals surface area (Å²) in [6.07, 6.45) is 3.96. The Bertz CT molecular complexity index is 457. The molecule has 0 spiro atoms. The predicted molar refractivity (Wildman–Crippen MR) is 73.0 cm³/mol. The van der Waals surface area contributed by atoms with Crippen LogP contribution >= 0.6 is 0 Å². The maximum atomic E-state index is 12.0. The number of nitrogens with zero attached hydrogens (tertiary/aromatic N) is 1. The van der Waals surface area contributed by atoms with Gasteiger partial charge in [0.1, 0.15) is 18.7 Å². The van der Waals surface area contributed by atoms with Crippen molar-refractivity contribution in [3.05, 3.63) is 0 Å². The zero-order chi connectivity index (χ0) is 15.0. The molecule has 3 fully saturated rings. The van der Waals surface area contributed by atoms with Crippen LogP contribution in [0.4, 0.5) is 4.79 Å². The van der Waals surface area contributed by atoms with Crippen molar-refractivity contribution >= 4 is 17.9 Å². The number of hydrogen-bond donors (Lipinski definition) is 2. The molecule has 7 nitrogen and oxygen atoms in total. The molecule has 0 bridgehead atoms. The molecular weight excluding hydrogens is 274 g/mol. The van der Waals surface area contributed by atoms with E-state index in [9.17, 15) is 14.4 Å². The van der Waals surface area contributed by atoms with Gasteiger partial charge < -0.3 is 20.7 Å². The summed E-state index contributed by atoms with van der Waals surface area (Å²) in [6.45, 7) is 0.358. The molecule has 116 valence electrons. The topological polar surface area (TPSA) is 102 Å². The van der Waals surface area contributed by atoms with E-state index >= 15 is 0 Å². The molecule has 3 unspecified atom stereocenters. The van der Waals surface area contributed by atoms with Gasteiger partial charge in [-0.15, -0.1) is 0 Å². The zero-order valence-corrected chi connectivity index (χ0v) is 11.9. The first-order valence-electron chi connectivity index (χ1n) is 7.58. The van der Waals surface area contributed by atoms with Crippen LogP contribution in [0.2, 0.25) is 0 Å². The van der Waals surface area contributed by atoms with E-state index in [0.717, 1.165) is 31.1 Å². The van der Waals surface area contributed by atoms with Crippen molar-refractivity contribution < 1.29 is 19.1 Å². The third-order valence-electron chi connectivity index (χ3n) is 4.76. The van der Waals surface area contributed by atoms with Crippen molar-refractivity contribution in [1.82, 2.24) is 10.2 Å². The average Bonchev–Trinajstić information content (AvgIpc) is 2.90. The Morgan fingerprint density at radius 3 is 2.57 bits per heavy atom. The number of alkyl carbamates (subject to hydrolysis) is 1. The van der Waals surface area contributed by atoms with Crippen LogP contribution in [0.15, 0.2) is 0 Å². The molecule has 1 aliphatic heterocycles. The number of nitrogens with two attached hydrogens (primary N) is 1. The second-order valence-electron chi connectivity index (χ2n) is 6.26. The van der Waals surface area contributed by atoms with Crippen LogP contribution in [0.5, 0.6) is 0 Å². The Morgan fingerprint density at radius 2 is 1.90 bits per heavy atom. The lowest BCUT2D eigenvalue weighted by molar-refractivity contribution is -0.136. The summed E-state index contributed by atoms with van der Waals surface area (Å²) in [5.74, 6) is 0.701. The Balaban J connectivity index is 1.40. The first kappa shape index (κ1) is 14.2. The lowest BCUT2D eigenvalue weighted by Gasteiger charge is -2.22. The van der Waals surface area contributed by atoms with Gasteiger partial charge in [0.15, 0.2) is 0 Å². The van der Waals surface area contributed by atoms with Gasteiger partial charge in [-0.05, 0) is 43.9 Å². The molecule has 2 saturated carbocycles. The van der Waals surface area contributed by atoms with Crippen molar-refractivity contribution in [2.45, 2.75) is 44.2 Å². The Hall–Kier alpha value is -1.79. The maximum absolute atomic E-state index is 12.0. The summed E-state index contributed by atoms with van der Waals surface area (Å²) < 4.78 is 5.29. The molecule has 3 atom stereocenters. The van der Waals surface area contributed by atoms with E-state index in [2.05, 4.69) is 5.32 Å². The molecule has 0 aromatic heterocycles. The van der Waals surface area contributed by atoms with E-state index in [1.165, 1.54) is 11.3 Å². The summed E-state index contributed by atoms with van der Waals surface area (Å²) in [5, 5.41) is 2.47. The molecule has 0 aromatic rings. The monoisotopic (exact) mass is 295 g/mol. The third kappa shape index (κ3) is 3.11. The van der Waals surface area contributed by atoms with Gasteiger partial charge >= 0.3 is 6.09 Å². The molecule has 1 saturated heterocycles. The average molecular weight is 295 g/mol. The number of carbonyl (C=O) groups is 3. The standard InChI is InChI=1S/C14H21N3O4/c15-13(19)11-2-1-3-17(11)12(18)7-16-14(20)21-10-5-8-4-9(8)6-10/h8-11H,1-7H2,(H2,15,19)(H,16,20). The normalized spacial score (nSPS) is 33.4. The summed E-state index contributed by atoms with van der Waals surface area (Å²) in [6, 6.07) is -0.544. The Kier molecular flexibility index (Phi) is 3.73. The quantitative estimate of drug-likeness (QED) is 0.761. The number of amides is 3. The van der Waals surface area contributed by atoms with Gasteiger partial charge in [-0.3, -0.25) is 9.59 Å². The van der Waals surface area contributed by atoms with Gasteiger partial charge in [0.2, 0.25) is 11.8 Å². The van der Waals surface area contributed by atoms with Gasteiger partial charge in [-0.1, -0.05) is 0 Å². The molecule has 7 heteroatoms. The van der Waals surface area contributed by atoms with Gasteiger partial charge in [-0.25, -0.2) is 4.79 Å². The van der Waals surface area contributed by atoms with E-state index in [0.29, 0.717) is 13.0 Å². The van der Waals surface area contributed by atoms with Crippen molar-refractivity contribution in [3.63, 3.8) is 0 Å². The second-order valence-corrected chi connectivity index (χ2v) is 6.26. The number of carbonyl (C=O) groups excluding carboxylic acids is 3. The number of primary amides is 1. The van der Waals surface area contributed by atoms with Gasteiger partial charge in [0.25, 0.3) is 0 Å². The predicted octanol–water partition coefficient (Wildman–Crippen LogP) is -0.0126. The highest BCUT2D eigenvalue weighted by Gasteiger charge is 2.47. The zero-order valence-electron chi connectivity index (χ0n) is 11.9. The first-order chi connectivity index (χ1) is 10.0. The highest BCUT2D eigenvalue weighted by molar-refractivity contribution is 5.89. The minimum absolute atomic E-state index is 0.00555. The van der Waals surface area contributed by atoms with Crippen LogP contribution in [-0.2, 0) is 14.3 Å². The molecule has 2 aliphatic carbocycles. The Morgan fingerprint density at radius 1 is 1.19 bits per heavy atom. The van der Waals surface area contributed by atoms with Crippen LogP contribution in [0.25, 0.3) is 0 Å². The van der Waals surface area contributed by atoms with Crippen molar-refractivity contribution in [1.29, 1.82) is 0 Å². The number of hydrogen-bond acceptors (Lipinski definition) is 4. The largest absolute Gasteiger partial charge is 0.446 e. The second kappa shape index (κ2) is 5.54. The molecule has 0 radical (unpaired) electrons. The van der Waals surface area contributed by atoms with E-state index < -0.39 is 18.0 Å². The fourth-order valence-electron chi connectivity index (χ4n) is 3.56. The van der Waals surface area contributed by atoms with Crippen LogP contribution in [0.1, 0.15) is 32.1 Å². The molecule has 3 aliphatic rings. The number of nitrogens with one attached hydrogen (secondary N) is 1. The number of ether oxygens (including phenoxy) is 1. The lowest BCUT2D eigenvalue weighted by atomic mass is 10.2. The maximum Gasteiger partial charge on any atom is 0.407 e. The van der Waals surface area contributed by atoms with E-state index in [4.69, 9.17) is 10.5 Å². The van der Waals surface area contributed by atoms with Crippen molar-refractivity contribution in [2.75, 3.05) is 13.1 Å². The number of fused-ring (bicyclic) bond motifs is 1. The van der Waals surface area contributed by atoms with Gasteiger partial charge in [0.05, 0.1) is 0 Å². The van der Waals surface area contributed by atoms with Crippen LogP contribution < -0.4 is 11.1 Å². The SMILES string of the molecule is NC(=O)C1CCCN1C(=O)CNC(=O)OC1CC2CC2C1. The Labute approximate surface area is 123 Å². The summed E-state index contributed by atoms with van der Waals surface area (Å²) in [4.78, 5) is 36.3. The van der Waals surface area contributed by atoms with Crippen LogP contribution in [-0.4, -0.2) is 48.0 Å². The third-order valence-corrected chi connectivity index (χ3v) is 4.76. The van der Waals surface area contributed by atoms with E-state index in [1.807, 2.05) is 0 Å². The highest BCUT2D eigenvalue weighted by Crippen LogP contribution is 2.52. The van der Waals surface area contributed by atoms with Crippen molar-refractivity contribution in [3.8, 4) is 0 Å². The summed E-state index contributed by atoms with van der Waals surface area (Å²) in [7, 11) is 0. The minimum atomic E-state index is -0.551. The van der Waals surface area contributed by atoms with Gasteiger partial charge in [-0.2, -0.15) is 0 Å². The molecule has 3 amide bonds. The molecular formula is C14H21N3O4. The van der Waals surface area contributed by atoms with E-state index in [-0.39, 0.29) is 18.6 Å². The van der Waals surface area contributed by atoms with E-state index in [1.54, 1.807) is 0 Å². The smallest absolute Gasteiger partial charge is 0.407 e. The summed E-state index contributed by atoms with van der Waals surface area (Å²) in [5.41, 5.74) is 5.26. The lowest BCUT2D eigenvalue weighted by Crippen LogP contribution is -2.47. The first-order valence-corrected chi connectivity index (χ1v) is 7.58. The van der Waals surface area contributed by atoms with Crippen molar-refractivity contribution in [2.24, 2.45) is 17.6 Å². The fraction of sp³-hybridized carbons (Fsp3) is 0.786. The molecule has 1 heterocycles. The molecule has 3 rings (SSSR count). The van der Waals surface area contributed by atoms with Gasteiger partial charge in [0, 0.05) is 6.54 Å². The summed E-state index contributed by atoms with van der Waals surface area (Å²) >= 11 is 0. The molecule has 0 aromatic carbocycles. The fourth-order valence-corrected chi connectivity index (χ4v) is 3.56. The minimum Gasteiger partial charge on any atom is -0.446 e. The van der Waals surface area contributed by atoms with Crippen LogP contribution in [0.3, 0.4) is 0 Å². The number of rotatable bonds is 4. The molecule has 21 heavy (non-hydrogen) atoms.